The van der Waals surface area contributed by atoms with Crippen molar-refractivity contribution < 1.29 is 22.6 Å². The van der Waals surface area contributed by atoms with E-state index in [1.54, 1.807) is 20.2 Å². The predicted molar refractivity (Wildman–Crippen MR) is 122 cm³/mol. The standard InChI is InChI=1S/C19H21F3N4O2S.HI/c1-4-9-28-15-10-13(5-6-14(15)27-3)11-25-18(23-2)24-8-7-17-26-16(12-29-17)19(20,21)22;/h1,5-6,10,12H,7-9,11H2,2-3H3,(H2,23,24,25);1H. The third-order valence-corrected chi connectivity index (χ3v) is 4.60. The number of halogens is 4. The van der Waals surface area contributed by atoms with E-state index in [2.05, 4.69) is 26.5 Å². The molecule has 6 nitrogen and oxygen atoms in total. The number of thiazole rings is 1. The van der Waals surface area contributed by atoms with Crippen LogP contribution in [-0.2, 0) is 19.1 Å². The summed E-state index contributed by atoms with van der Waals surface area (Å²) in [6, 6.07) is 5.46. The van der Waals surface area contributed by atoms with Gasteiger partial charge in [-0.25, -0.2) is 4.98 Å². The third kappa shape index (κ3) is 7.91. The molecule has 30 heavy (non-hydrogen) atoms. The van der Waals surface area contributed by atoms with E-state index in [4.69, 9.17) is 15.9 Å². The highest BCUT2D eigenvalue weighted by Gasteiger charge is 2.33. The molecule has 1 aromatic carbocycles. The molecular weight excluding hydrogens is 532 g/mol. The van der Waals surface area contributed by atoms with Gasteiger partial charge in [0.25, 0.3) is 0 Å². The first-order valence-electron chi connectivity index (χ1n) is 8.56. The highest BCUT2D eigenvalue weighted by Crippen LogP contribution is 2.30. The minimum atomic E-state index is -4.42. The van der Waals surface area contributed by atoms with Gasteiger partial charge in [-0.2, -0.15) is 13.2 Å². The number of ether oxygens (including phenoxy) is 2. The Morgan fingerprint density at radius 2 is 2.07 bits per heavy atom. The number of aromatic nitrogens is 1. The quantitative estimate of drug-likeness (QED) is 0.226. The van der Waals surface area contributed by atoms with Crippen molar-refractivity contribution in [3.8, 4) is 23.8 Å². The van der Waals surface area contributed by atoms with E-state index in [1.165, 1.54) is 0 Å². The molecule has 0 unspecified atom stereocenters. The van der Waals surface area contributed by atoms with Crippen LogP contribution >= 0.6 is 35.3 Å². The maximum absolute atomic E-state index is 12.6. The van der Waals surface area contributed by atoms with Gasteiger partial charge in [0, 0.05) is 31.9 Å². The maximum atomic E-state index is 12.6. The van der Waals surface area contributed by atoms with Crippen molar-refractivity contribution in [3.05, 3.63) is 39.8 Å². The lowest BCUT2D eigenvalue weighted by atomic mass is 10.2. The van der Waals surface area contributed by atoms with Crippen LogP contribution in [-0.4, -0.2) is 38.3 Å². The van der Waals surface area contributed by atoms with Crippen LogP contribution in [0, 0.1) is 12.3 Å². The summed E-state index contributed by atoms with van der Waals surface area (Å²) in [4.78, 5) is 7.70. The van der Waals surface area contributed by atoms with E-state index in [9.17, 15) is 13.2 Å². The highest BCUT2D eigenvalue weighted by molar-refractivity contribution is 14.0. The SMILES string of the molecule is C#CCOc1cc(CNC(=NC)NCCc2nc(C(F)(F)F)cs2)ccc1OC.I. The molecule has 1 heterocycles. The molecule has 2 rings (SSSR count). The van der Waals surface area contributed by atoms with Gasteiger partial charge < -0.3 is 20.1 Å². The number of nitrogens with zero attached hydrogens (tertiary/aromatic N) is 2. The molecule has 0 spiro atoms. The summed E-state index contributed by atoms with van der Waals surface area (Å²) in [6.45, 7) is 0.971. The molecule has 2 N–H and O–H groups in total. The molecule has 0 atom stereocenters. The Balaban J connectivity index is 0.00000450. The van der Waals surface area contributed by atoms with E-state index in [0.29, 0.717) is 42.0 Å². The molecule has 0 amide bonds. The molecule has 0 saturated carbocycles. The zero-order valence-electron chi connectivity index (χ0n) is 16.4. The average molecular weight is 554 g/mol. The first-order valence-corrected chi connectivity index (χ1v) is 9.44. The Labute approximate surface area is 194 Å². The smallest absolute Gasteiger partial charge is 0.434 e. The summed E-state index contributed by atoms with van der Waals surface area (Å²) in [5.74, 6) is 4.03. The third-order valence-electron chi connectivity index (χ3n) is 3.70. The normalized spacial score (nSPS) is 11.3. The summed E-state index contributed by atoms with van der Waals surface area (Å²) in [5.41, 5.74) is 0.0536. The number of methoxy groups -OCH3 is 1. The van der Waals surface area contributed by atoms with E-state index in [-0.39, 0.29) is 30.6 Å². The Kier molecular flexibility index (Phi) is 10.8. The van der Waals surface area contributed by atoms with Gasteiger partial charge in [-0.15, -0.1) is 41.7 Å². The molecular formula is C19H22F3IN4O2S. The molecule has 0 saturated heterocycles. The fourth-order valence-corrected chi connectivity index (χ4v) is 3.12. The highest BCUT2D eigenvalue weighted by atomic mass is 127. The number of hydrogen-bond acceptors (Lipinski definition) is 5. The van der Waals surface area contributed by atoms with Crippen molar-refractivity contribution in [3.63, 3.8) is 0 Å². The molecule has 0 radical (unpaired) electrons. The van der Waals surface area contributed by atoms with Crippen LogP contribution in [0.4, 0.5) is 13.2 Å². The molecule has 0 aliphatic heterocycles. The number of alkyl halides is 3. The summed E-state index contributed by atoms with van der Waals surface area (Å²) in [6.07, 6.45) is 1.16. The topological polar surface area (TPSA) is 67.8 Å². The molecule has 0 aliphatic carbocycles. The fraction of sp³-hybridized carbons (Fsp3) is 0.368. The zero-order chi connectivity index (χ0) is 21.3. The minimum absolute atomic E-state index is 0. The van der Waals surface area contributed by atoms with Crippen molar-refractivity contribution in [2.24, 2.45) is 4.99 Å². The molecule has 0 bridgehead atoms. The first kappa shape index (κ1) is 25.8. The van der Waals surface area contributed by atoms with Gasteiger partial charge in [-0.05, 0) is 17.7 Å². The predicted octanol–water partition coefficient (Wildman–Crippen LogP) is 3.71. The Morgan fingerprint density at radius 3 is 2.67 bits per heavy atom. The molecule has 0 aliphatic rings. The largest absolute Gasteiger partial charge is 0.493 e. The number of nitrogens with one attached hydrogen (secondary N) is 2. The number of guanidine groups is 1. The monoisotopic (exact) mass is 554 g/mol. The first-order chi connectivity index (χ1) is 13.9. The summed E-state index contributed by atoms with van der Waals surface area (Å²) in [5, 5.41) is 7.60. The molecule has 0 fully saturated rings. The molecule has 164 valence electrons. The van der Waals surface area contributed by atoms with Crippen molar-refractivity contribution in [2.75, 3.05) is 27.3 Å². The van der Waals surface area contributed by atoms with Crippen LogP contribution in [0.1, 0.15) is 16.3 Å². The van der Waals surface area contributed by atoms with Crippen molar-refractivity contribution in [1.29, 1.82) is 0 Å². The number of benzene rings is 1. The number of rotatable bonds is 8. The lowest BCUT2D eigenvalue weighted by Crippen LogP contribution is -2.37. The minimum Gasteiger partial charge on any atom is -0.493 e. The summed E-state index contributed by atoms with van der Waals surface area (Å²) >= 11 is 0.986. The molecule has 11 heteroatoms. The van der Waals surface area contributed by atoms with Crippen molar-refractivity contribution in [1.82, 2.24) is 15.6 Å². The van der Waals surface area contributed by atoms with Gasteiger partial charge in [0.05, 0.1) is 12.1 Å². The zero-order valence-corrected chi connectivity index (χ0v) is 19.5. The van der Waals surface area contributed by atoms with E-state index in [1.807, 2.05) is 12.1 Å². The number of hydrogen-bond donors (Lipinski definition) is 2. The van der Waals surface area contributed by atoms with Gasteiger partial charge in [-0.1, -0.05) is 12.0 Å². The molecule has 1 aromatic heterocycles. The van der Waals surface area contributed by atoms with Crippen LogP contribution < -0.4 is 20.1 Å². The van der Waals surface area contributed by atoms with Crippen LogP contribution in [0.25, 0.3) is 0 Å². The number of aliphatic imine (C=N–C) groups is 1. The van der Waals surface area contributed by atoms with Gasteiger partial charge in [-0.3, -0.25) is 4.99 Å². The summed E-state index contributed by atoms with van der Waals surface area (Å²) in [7, 11) is 3.15. The second-order valence-electron chi connectivity index (χ2n) is 5.70. The van der Waals surface area contributed by atoms with Crippen LogP contribution in [0.3, 0.4) is 0 Å². The van der Waals surface area contributed by atoms with Crippen LogP contribution in [0.2, 0.25) is 0 Å². The Hall–Kier alpha value is -2.20. The van der Waals surface area contributed by atoms with E-state index < -0.39 is 11.9 Å². The number of terminal acetylenes is 1. The lowest BCUT2D eigenvalue weighted by Gasteiger charge is -2.13. The second-order valence-corrected chi connectivity index (χ2v) is 6.65. The van der Waals surface area contributed by atoms with E-state index in [0.717, 1.165) is 22.3 Å². The van der Waals surface area contributed by atoms with Gasteiger partial charge in [0.2, 0.25) is 0 Å². The lowest BCUT2D eigenvalue weighted by molar-refractivity contribution is -0.140. The van der Waals surface area contributed by atoms with Crippen LogP contribution in [0.15, 0.2) is 28.6 Å². The van der Waals surface area contributed by atoms with Gasteiger partial charge in [0.1, 0.15) is 6.61 Å². The second kappa shape index (κ2) is 12.5. The van der Waals surface area contributed by atoms with Crippen LogP contribution in [0.5, 0.6) is 11.5 Å². The Bertz CT molecular complexity index is 881. The maximum Gasteiger partial charge on any atom is 0.434 e. The van der Waals surface area contributed by atoms with E-state index >= 15 is 0 Å². The van der Waals surface area contributed by atoms with Gasteiger partial charge in [0.15, 0.2) is 23.2 Å². The Morgan fingerprint density at radius 1 is 1.30 bits per heavy atom. The van der Waals surface area contributed by atoms with Crippen molar-refractivity contribution in [2.45, 2.75) is 19.1 Å². The summed E-state index contributed by atoms with van der Waals surface area (Å²) < 4.78 is 48.5. The fourth-order valence-electron chi connectivity index (χ4n) is 2.31. The van der Waals surface area contributed by atoms with Gasteiger partial charge >= 0.3 is 6.18 Å². The van der Waals surface area contributed by atoms with Crippen molar-refractivity contribution >= 4 is 41.3 Å². The average Bonchev–Trinajstić information content (AvgIpc) is 3.18. The molecule has 2 aromatic rings.